The minimum absolute atomic E-state index is 0.0301. The molecule has 0 aromatic heterocycles. The van der Waals surface area contributed by atoms with Gasteiger partial charge in [-0.05, 0) is 50.0 Å². The van der Waals surface area contributed by atoms with Crippen LogP contribution in [-0.2, 0) is 14.3 Å². The number of allylic oxidation sites excluding steroid dienone is 3. The fourth-order valence-corrected chi connectivity index (χ4v) is 5.43. The van der Waals surface area contributed by atoms with E-state index in [-0.39, 0.29) is 23.0 Å². The van der Waals surface area contributed by atoms with Gasteiger partial charge >= 0.3 is 5.97 Å². The number of dihydropyridines is 1. The molecule has 0 spiro atoms. The van der Waals surface area contributed by atoms with Crippen molar-refractivity contribution < 1.29 is 19.2 Å². The topological polar surface area (TPSA) is 98.5 Å². The molecular formula is C26H32N2O5. The Balaban J connectivity index is 1.77. The van der Waals surface area contributed by atoms with Gasteiger partial charge < -0.3 is 10.1 Å². The van der Waals surface area contributed by atoms with Crippen molar-refractivity contribution in [3.63, 3.8) is 0 Å². The zero-order chi connectivity index (χ0) is 23.8. The van der Waals surface area contributed by atoms with E-state index in [2.05, 4.69) is 5.32 Å². The van der Waals surface area contributed by atoms with Gasteiger partial charge in [0, 0.05) is 41.4 Å². The van der Waals surface area contributed by atoms with Crippen molar-refractivity contribution in [1.82, 2.24) is 5.32 Å². The molecule has 1 aromatic rings. The molecule has 0 amide bonds. The van der Waals surface area contributed by atoms with Crippen LogP contribution in [0.4, 0.5) is 5.69 Å². The second kappa shape index (κ2) is 9.12. The van der Waals surface area contributed by atoms with Gasteiger partial charge in [-0.25, -0.2) is 4.79 Å². The molecule has 0 bridgehead atoms. The maximum Gasteiger partial charge on any atom is 0.337 e. The van der Waals surface area contributed by atoms with Crippen LogP contribution in [0, 0.1) is 15.5 Å². The molecule has 4 rings (SSSR count). The van der Waals surface area contributed by atoms with Crippen molar-refractivity contribution >= 4 is 17.4 Å². The van der Waals surface area contributed by atoms with Gasteiger partial charge in [0.15, 0.2) is 5.78 Å². The highest BCUT2D eigenvalue weighted by Gasteiger charge is 2.43. The summed E-state index contributed by atoms with van der Waals surface area (Å²) in [4.78, 5) is 37.9. The Hall–Kier alpha value is -2.96. The van der Waals surface area contributed by atoms with Crippen LogP contribution in [-0.4, -0.2) is 22.8 Å². The highest BCUT2D eigenvalue weighted by molar-refractivity contribution is 6.04. The van der Waals surface area contributed by atoms with Crippen molar-refractivity contribution in [1.29, 1.82) is 0 Å². The number of benzene rings is 1. The first kappa shape index (κ1) is 23.2. The van der Waals surface area contributed by atoms with Gasteiger partial charge in [0.25, 0.3) is 5.69 Å². The Morgan fingerprint density at radius 1 is 1.15 bits per heavy atom. The fourth-order valence-electron chi connectivity index (χ4n) is 5.43. The number of ketones is 1. The van der Waals surface area contributed by atoms with Gasteiger partial charge in [-0.2, -0.15) is 0 Å². The van der Waals surface area contributed by atoms with Crippen LogP contribution in [0.1, 0.15) is 83.6 Å². The molecule has 7 heteroatoms. The number of nitrogens with zero attached hydrogens (tertiary/aromatic N) is 1. The Labute approximate surface area is 194 Å². The monoisotopic (exact) mass is 452 g/mol. The number of nitro groups is 1. The van der Waals surface area contributed by atoms with E-state index in [0.29, 0.717) is 35.2 Å². The Morgan fingerprint density at radius 3 is 2.52 bits per heavy atom. The molecule has 1 fully saturated rings. The maximum absolute atomic E-state index is 13.5. The maximum atomic E-state index is 13.5. The van der Waals surface area contributed by atoms with Gasteiger partial charge in [0.2, 0.25) is 0 Å². The lowest BCUT2D eigenvalue weighted by Crippen LogP contribution is -2.39. The summed E-state index contributed by atoms with van der Waals surface area (Å²) in [5.41, 5.74) is 2.67. The Bertz CT molecular complexity index is 1040. The number of Topliss-reactive ketones (excluding diaryl/α,β-unsaturated/α-hetero) is 1. The van der Waals surface area contributed by atoms with Crippen molar-refractivity contribution in [3.8, 4) is 0 Å². The highest BCUT2D eigenvalue weighted by atomic mass is 16.6. The van der Waals surface area contributed by atoms with Gasteiger partial charge in [0.05, 0.1) is 10.5 Å². The van der Waals surface area contributed by atoms with Crippen molar-refractivity contribution in [2.45, 2.75) is 84.2 Å². The van der Waals surface area contributed by atoms with E-state index < -0.39 is 16.8 Å². The van der Waals surface area contributed by atoms with E-state index in [1.54, 1.807) is 12.1 Å². The van der Waals surface area contributed by atoms with Crippen molar-refractivity contribution in [2.75, 3.05) is 0 Å². The first-order chi connectivity index (χ1) is 15.7. The molecular weight excluding hydrogens is 420 g/mol. The zero-order valence-electron chi connectivity index (χ0n) is 19.6. The molecule has 1 atom stereocenters. The number of esters is 1. The third kappa shape index (κ3) is 4.87. The quantitative estimate of drug-likeness (QED) is 0.282. The number of hydrogen-bond donors (Lipinski definition) is 1. The van der Waals surface area contributed by atoms with Crippen LogP contribution in [0.25, 0.3) is 0 Å². The molecule has 3 aliphatic rings. The summed E-state index contributed by atoms with van der Waals surface area (Å²) in [6.45, 7) is 5.92. The molecule has 1 heterocycles. The van der Waals surface area contributed by atoms with E-state index in [4.69, 9.17) is 4.74 Å². The fraction of sp³-hybridized carbons (Fsp3) is 0.538. The summed E-state index contributed by atoms with van der Waals surface area (Å²) in [6, 6.07) is 6.26. The number of carbonyl (C=O) groups excluding carboxylic acids is 2. The first-order valence-corrected chi connectivity index (χ1v) is 11.9. The third-order valence-corrected chi connectivity index (χ3v) is 6.95. The smallest absolute Gasteiger partial charge is 0.337 e. The normalized spacial score (nSPS) is 23.5. The second-order valence-corrected chi connectivity index (χ2v) is 10.3. The average Bonchev–Trinajstić information content (AvgIpc) is 3.00. The average molecular weight is 453 g/mol. The predicted octanol–water partition coefficient (Wildman–Crippen LogP) is 5.46. The predicted molar refractivity (Wildman–Crippen MR) is 124 cm³/mol. The summed E-state index contributed by atoms with van der Waals surface area (Å²) < 4.78 is 5.96. The first-order valence-electron chi connectivity index (χ1n) is 11.9. The number of rotatable bonds is 4. The molecule has 33 heavy (non-hydrogen) atoms. The number of nitrogens with one attached hydrogen (secondary N) is 1. The van der Waals surface area contributed by atoms with Gasteiger partial charge in [-0.1, -0.05) is 38.8 Å². The van der Waals surface area contributed by atoms with Crippen LogP contribution >= 0.6 is 0 Å². The number of non-ortho nitro benzene ring substituents is 1. The van der Waals surface area contributed by atoms with E-state index in [1.807, 2.05) is 20.8 Å². The molecule has 1 saturated carbocycles. The Kier molecular flexibility index (Phi) is 6.41. The summed E-state index contributed by atoms with van der Waals surface area (Å²) in [7, 11) is 0. The van der Waals surface area contributed by atoms with Gasteiger partial charge in [0.1, 0.15) is 6.10 Å². The van der Waals surface area contributed by atoms with Crippen LogP contribution in [0.3, 0.4) is 0 Å². The molecule has 2 aliphatic carbocycles. The number of carbonyl (C=O) groups is 2. The van der Waals surface area contributed by atoms with Crippen molar-refractivity contribution in [3.05, 3.63) is 62.5 Å². The van der Waals surface area contributed by atoms with Crippen LogP contribution < -0.4 is 5.32 Å². The molecule has 176 valence electrons. The van der Waals surface area contributed by atoms with E-state index in [9.17, 15) is 19.7 Å². The SMILES string of the molecule is CC1=C(C(=O)OC2CCCCCC2)[C@@H](c2cccc([N+](=O)[O-])c2)C2=C(CC(C)(C)CC2=O)N1. The highest BCUT2D eigenvalue weighted by Crippen LogP contribution is 2.47. The lowest BCUT2D eigenvalue weighted by molar-refractivity contribution is -0.384. The molecule has 7 nitrogen and oxygen atoms in total. The molecule has 0 saturated heterocycles. The summed E-state index contributed by atoms with van der Waals surface area (Å²) in [6.07, 6.45) is 6.94. The molecule has 1 N–H and O–H groups in total. The lowest BCUT2D eigenvalue weighted by atomic mass is 9.68. The van der Waals surface area contributed by atoms with E-state index >= 15 is 0 Å². The zero-order valence-corrected chi connectivity index (χ0v) is 19.6. The standard InChI is InChI=1S/C26H32N2O5/c1-16-22(25(30)33-19-11-6-4-5-7-12-19)23(17-9-8-10-18(13-17)28(31)32)24-20(27-16)14-26(2,3)15-21(24)29/h8-10,13,19,23,27H,4-7,11-12,14-15H2,1-3H3/t23-/m1/s1. The molecule has 1 aromatic carbocycles. The number of nitro benzene ring substituents is 1. The van der Waals surface area contributed by atoms with Crippen molar-refractivity contribution in [2.24, 2.45) is 5.41 Å². The van der Waals surface area contributed by atoms with Crippen LogP contribution in [0.2, 0.25) is 0 Å². The van der Waals surface area contributed by atoms with E-state index in [1.165, 1.54) is 12.1 Å². The minimum atomic E-state index is -0.678. The summed E-state index contributed by atoms with van der Waals surface area (Å²) in [5, 5.41) is 14.8. The lowest BCUT2D eigenvalue weighted by Gasteiger charge is -2.39. The van der Waals surface area contributed by atoms with Gasteiger partial charge in [-0.15, -0.1) is 0 Å². The number of hydrogen-bond acceptors (Lipinski definition) is 6. The van der Waals surface area contributed by atoms with Crippen LogP contribution in [0.5, 0.6) is 0 Å². The number of ether oxygens (including phenoxy) is 1. The second-order valence-electron chi connectivity index (χ2n) is 10.3. The molecule has 1 aliphatic heterocycles. The molecule has 0 radical (unpaired) electrons. The minimum Gasteiger partial charge on any atom is -0.459 e. The van der Waals surface area contributed by atoms with Crippen LogP contribution in [0.15, 0.2) is 46.8 Å². The van der Waals surface area contributed by atoms with Gasteiger partial charge in [-0.3, -0.25) is 14.9 Å². The third-order valence-electron chi connectivity index (χ3n) is 6.95. The largest absolute Gasteiger partial charge is 0.459 e. The van der Waals surface area contributed by atoms with E-state index in [0.717, 1.165) is 44.2 Å². The Morgan fingerprint density at radius 2 is 1.85 bits per heavy atom. The summed E-state index contributed by atoms with van der Waals surface area (Å²) >= 11 is 0. The molecule has 0 unspecified atom stereocenters. The summed E-state index contributed by atoms with van der Waals surface area (Å²) in [5.74, 6) is -1.15.